The largest absolute Gasteiger partial charge is 0.369 e. The lowest BCUT2D eigenvalue weighted by Gasteiger charge is -2.36. The average Bonchev–Trinajstić information content (AvgIpc) is 3.15. The first-order chi connectivity index (χ1) is 13.6. The first kappa shape index (κ1) is 20.3. The second-order valence-corrected chi connectivity index (χ2v) is 7.55. The van der Waals surface area contributed by atoms with Crippen molar-refractivity contribution in [2.45, 2.75) is 46.2 Å². The summed E-state index contributed by atoms with van der Waals surface area (Å²) < 4.78 is 1.87. The molecule has 1 atom stereocenters. The summed E-state index contributed by atoms with van der Waals surface area (Å²) in [5.41, 5.74) is 2.59. The molecule has 1 aromatic carbocycles. The van der Waals surface area contributed by atoms with E-state index >= 15 is 0 Å². The Labute approximate surface area is 167 Å². The van der Waals surface area contributed by atoms with Crippen molar-refractivity contribution in [3.05, 3.63) is 42.0 Å². The summed E-state index contributed by atoms with van der Waals surface area (Å²) in [6.07, 6.45) is 3.06. The van der Waals surface area contributed by atoms with Gasteiger partial charge in [0.05, 0.1) is 6.04 Å². The van der Waals surface area contributed by atoms with Gasteiger partial charge in [-0.3, -0.25) is 9.69 Å². The molecule has 1 amide bonds. The summed E-state index contributed by atoms with van der Waals surface area (Å²) in [6, 6.07) is 8.53. The fourth-order valence-electron chi connectivity index (χ4n) is 3.68. The molecule has 0 saturated carbocycles. The lowest BCUT2D eigenvalue weighted by molar-refractivity contribution is -0.122. The molecule has 28 heavy (non-hydrogen) atoms. The molecule has 1 fully saturated rings. The number of aromatic nitrogens is 3. The molecule has 2 aromatic rings. The van der Waals surface area contributed by atoms with Gasteiger partial charge in [-0.05, 0) is 38.0 Å². The second-order valence-electron chi connectivity index (χ2n) is 7.55. The summed E-state index contributed by atoms with van der Waals surface area (Å²) >= 11 is 0. The Balaban J connectivity index is 1.41. The molecule has 1 aliphatic rings. The lowest BCUT2D eigenvalue weighted by atomic mass is 10.2. The number of benzene rings is 1. The van der Waals surface area contributed by atoms with Crippen LogP contribution in [0.2, 0.25) is 0 Å². The van der Waals surface area contributed by atoms with E-state index in [1.54, 1.807) is 6.33 Å². The van der Waals surface area contributed by atoms with Gasteiger partial charge in [0.1, 0.15) is 12.2 Å². The average molecular weight is 385 g/mol. The number of hydrogen-bond donors (Lipinski definition) is 1. The van der Waals surface area contributed by atoms with Crippen LogP contribution in [-0.4, -0.2) is 58.3 Å². The van der Waals surface area contributed by atoms with Crippen molar-refractivity contribution in [1.29, 1.82) is 0 Å². The van der Waals surface area contributed by atoms with Crippen LogP contribution < -0.4 is 10.2 Å². The minimum Gasteiger partial charge on any atom is -0.369 e. The van der Waals surface area contributed by atoms with Gasteiger partial charge >= 0.3 is 0 Å². The number of carbonyl (C=O) groups is 1. The highest BCUT2D eigenvalue weighted by atomic mass is 16.1. The van der Waals surface area contributed by atoms with Crippen molar-refractivity contribution < 1.29 is 4.79 Å². The van der Waals surface area contributed by atoms with Crippen molar-refractivity contribution in [3.63, 3.8) is 0 Å². The molecule has 0 unspecified atom stereocenters. The highest BCUT2D eigenvalue weighted by molar-refractivity contribution is 5.76. The fraction of sp³-hybridized carbons (Fsp3) is 0.571. The number of carbonyl (C=O) groups excluding carboxylic acids is 1. The van der Waals surface area contributed by atoms with E-state index < -0.39 is 0 Å². The second kappa shape index (κ2) is 9.68. The smallest absolute Gasteiger partial charge is 0.221 e. The van der Waals surface area contributed by atoms with Crippen molar-refractivity contribution in [3.8, 4) is 0 Å². The van der Waals surface area contributed by atoms with Crippen LogP contribution in [0.3, 0.4) is 0 Å². The van der Waals surface area contributed by atoms with Gasteiger partial charge in [0.2, 0.25) is 5.91 Å². The van der Waals surface area contributed by atoms with Crippen LogP contribution in [0.1, 0.15) is 44.1 Å². The molecule has 7 nitrogen and oxygen atoms in total. The molecule has 0 bridgehead atoms. The maximum atomic E-state index is 12.4. The van der Waals surface area contributed by atoms with Crippen LogP contribution in [0, 0.1) is 6.92 Å². The number of nitrogens with one attached hydrogen (secondary N) is 1. The Morgan fingerprint density at radius 3 is 2.71 bits per heavy atom. The first-order valence-corrected chi connectivity index (χ1v) is 10.3. The van der Waals surface area contributed by atoms with Crippen molar-refractivity contribution in [2.75, 3.05) is 37.6 Å². The minimum atomic E-state index is -0.125. The molecule has 1 saturated heterocycles. The highest BCUT2D eigenvalue weighted by Crippen LogP contribution is 2.18. The zero-order valence-corrected chi connectivity index (χ0v) is 17.3. The van der Waals surface area contributed by atoms with E-state index in [9.17, 15) is 4.79 Å². The zero-order valence-electron chi connectivity index (χ0n) is 17.3. The highest BCUT2D eigenvalue weighted by Gasteiger charge is 2.19. The van der Waals surface area contributed by atoms with E-state index in [2.05, 4.69) is 63.3 Å². The molecule has 152 valence electrons. The van der Waals surface area contributed by atoms with Crippen LogP contribution in [0.4, 0.5) is 5.69 Å². The number of rotatable bonds is 8. The quantitative estimate of drug-likeness (QED) is 0.757. The predicted molar refractivity (Wildman–Crippen MR) is 111 cm³/mol. The van der Waals surface area contributed by atoms with Gasteiger partial charge in [0, 0.05) is 51.4 Å². The van der Waals surface area contributed by atoms with Crippen LogP contribution in [0.15, 0.2) is 30.6 Å². The van der Waals surface area contributed by atoms with Gasteiger partial charge in [0.15, 0.2) is 0 Å². The van der Waals surface area contributed by atoms with Crippen LogP contribution >= 0.6 is 0 Å². The molecule has 1 aliphatic heterocycles. The molecule has 0 aliphatic carbocycles. The Hall–Kier alpha value is -2.41. The number of anilines is 1. The van der Waals surface area contributed by atoms with E-state index in [0.29, 0.717) is 6.42 Å². The van der Waals surface area contributed by atoms with Gasteiger partial charge in [-0.25, -0.2) is 9.67 Å². The van der Waals surface area contributed by atoms with E-state index in [-0.39, 0.29) is 11.9 Å². The number of piperazine rings is 1. The Morgan fingerprint density at radius 2 is 2.00 bits per heavy atom. The molecule has 1 aromatic heterocycles. The normalized spacial score (nSPS) is 16.2. The van der Waals surface area contributed by atoms with Crippen LogP contribution in [0.25, 0.3) is 0 Å². The van der Waals surface area contributed by atoms with Gasteiger partial charge in [-0.2, -0.15) is 5.10 Å². The van der Waals surface area contributed by atoms with E-state index in [1.165, 1.54) is 11.3 Å². The summed E-state index contributed by atoms with van der Waals surface area (Å²) in [5, 5.41) is 7.29. The fourth-order valence-corrected chi connectivity index (χ4v) is 3.68. The van der Waals surface area contributed by atoms with Crippen LogP contribution in [0.5, 0.6) is 0 Å². The Bertz CT molecular complexity index is 766. The predicted octanol–water partition coefficient (Wildman–Crippen LogP) is 2.39. The molecule has 2 heterocycles. The van der Waals surface area contributed by atoms with Gasteiger partial charge in [-0.1, -0.05) is 19.1 Å². The molecule has 0 spiro atoms. The lowest BCUT2D eigenvalue weighted by Crippen LogP contribution is -2.47. The topological polar surface area (TPSA) is 66.3 Å². The van der Waals surface area contributed by atoms with Crippen molar-refractivity contribution >= 4 is 11.6 Å². The summed E-state index contributed by atoms with van der Waals surface area (Å²) in [5.74, 6) is 0.890. The van der Waals surface area contributed by atoms with Crippen molar-refractivity contribution in [2.24, 2.45) is 0 Å². The molecule has 0 radical (unpaired) electrons. The summed E-state index contributed by atoms with van der Waals surface area (Å²) in [4.78, 5) is 21.5. The van der Waals surface area contributed by atoms with E-state index in [0.717, 1.165) is 51.5 Å². The van der Waals surface area contributed by atoms with E-state index in [4.69, 9.17) is 0 Å². The third kappa shape index (κ3) is 5.32. The van der Waals surface area contributed by atoms with Crippen LogP contribution in [-0.2, 0) is 11.3 Å². The molecular formula is C21H32N6O. The number of aryl methyl sites for hydroxylation is 2. The number of amides is 1. The number of hydrogen-bond acceptors (Lipinski definition) is 5. The van der Waals surface area contributed by atoms with E-state index in [1.807, 2.05) is 11.6 Å². The summed E-state index contributed by atoms with van der Waals surface area (Å²) in [7, 11) is 0. The Kier molecular flexibility index (Phi) is 7.03. The Morgan fingerprint density at radius 1 is 1.21 bits per heavy atom. The van der Waals surface area contributed by atoms with Crippen molar-refractivity contribution in [1.82, 2.24) is 25.0 Å². The van der Waals surface area contributed by atoms with Gasteiger partial charge < -0.3 is 10.2 Å². The minimum absolute atomic E-state index is 0.0691. The number of nitrogens with zero attached hydrogens (tertiary/aromatic N) is 5. The maximum Gasteiger partial charge on any atom is 0.221 e. The third-order valence-corrected chi connectivity index (χ3v) is 5.24. The van der Waals surface area contributed by atoms with Gasteiger partial charge in [0.25, 0.3) is 0 Å². The third-order valence-electron chi connectivity index (χ3n) is 5.24. The standard InChI is InChI=1S/C21H32N6O/c1-4-9-27-21(22-16-23-27)18(3)24-20(28)8-10-25-11-13-26(14-12-25)19-7-5-6-17(2)15-19/h5-7,15-16,18H,4,8-14H2,1-3H3,(H,24,28)/t18-/m1/s1. The summed E-state index contributed by atoms with van der Waals surface area (Å²) in [6.45, 7) is 11.8. The van der Waals surface area contributed by atoms with Gasteiger partial charge in [-0.15, -0.1) is 0 Å². The molecular weight excluding hydrogens is 352 g/mol. The maximum absolute atomic E-state index is 12.4. The first-order valence-electron chi connectivity index (χ1n) is 10.3. The molecule has 7 heteroatoms. The molecule has 3 rings (SSSR count). The molecule has 1 N–H and O–H groups in total. The monoisotopic (exact) mass is 384 g/mol. The SMILES string of the molecule is CCCn1ncnc1[C@@H](C)NC(=O)CCN1CCN(c2cccc(C)c2)CC1. The zero-order chi connectivity index (χ0) is 19.9.